The van der Waals surface area contributed by atoms with Gasteiger partial charge in [-0.3, -0.25) is 9.69 Å². The fourth-order valence-electron chi connectivity index (χ4n) is 3.00. The van der Waals surface area contributed by atoms with Crippen molar-refractivity contribution in [1.29, 1.82) is 0 Å². The van der Waals surface area contributed by atoms with Crippen molar-refractivity contribution in [3.63, 3.8) is 0 Å². The zero-order chi connectivity index (χ0) is 19.1. The summed E-state index contributed by atoms with van der Waals surface area (Å²) in [7, 11) is 0. The Kier molecular flexibility index (Phi) is 7.15. The minimum atomic E-state index is -0.556. The smallest absolute Gasteiger partial charge is 0.257 e. The quantitative estimate of drug-likeness (QED) is 0.635. The van der Waals surface area contributed by atoms with Crippen LogP contribution in [-0.2, 0) is 14.3 Å². The van der Waals surface area contributed by atoms with Crippen LogP contribution in [0.15, 0.2) is 48.4 Å². The largest absolute Gasteiger partial charge is 0.376 e. The van der Waals surface area contributed by atoms with Gasteiger partial charge in [0, 0.05) is 24.1 Å². The van der Waals surface area contributed by atoms with Crippen LogP contribution in [0.25, 0.3) is 11.3 Å². The van der Waals surface area contributed by atoms with Gasteiger partial charge in [-0.15, -0.1) is 17.9 Å². The molecular weight excluding hydrogens is 360 g/mol. The van der Waals surface area contributed by atoms with Crippen molar-refractivity contribution in [3.8, 4) is 11.3 Å². The lowest BCUT2D eigenvalue weighted by Crippen LogP contribution is -2.40. The zero-order valence-corrected chi connectivity index (χ0v) is 16.5. The van der Waals surface area contributed by atoms with E-state index in [-0.39, 0.29) is 12.0 Å². The Bertz CT molecular complexity index is 741. The molecule has 144 valence electrons. The van der Waals surface area contributed by atoms with Gasteiger partial charge >= 0.3 is 0 Å². The fourth-order valence-corrected chi connectivity index (χ4v) is 3.85. The second-order valence-corrected chi connectivity index (χ2v) is 7.42. The van der Waals surface area contributed by atoms with Gasteiger partial charge < -0.3 is 9.47 Å². The molecule has 5 nitrogen and oxygen atoms in total. The standard InChI is InChI=1S/C21H26N2O3S/c1-3-12-23(20(24)16(2)26-14-18-11-7-8-13-25-18)21-22-19(15-27-21)17-9-5-4-6-10-17/h3-6,9-10,15-16,18H,1,7-8,11-14H2,2H3. The number of amides is 1. The molecule has 0 N–H and O–H groups in total. The van der Waals surface area contributed by atoms with Gasteiger partial charge in [-0.2, -0.15) is 0 Å². The Balaban J connectivity index is 1.66. The zero-order valence-electron chi connectivity index (χ0n) is 15.7. The molecule has 1 saturated heterocycles. The number of nitrogens with zero attached hydrogens (tertiary/aromatic N) is 2. The SMILES string of the molecule is C=CCN(C(=O)C(C)OCC1CCCCO1)c1nc(-c2ccccc2)cs1. The van der Waals surface area contributed by atoms with Crippen molar-refractivity contribution < 1.29 is 14.3 Å². The third-order valence-electron chi connectivity index (χ3n) is 4.52. The fraction of sp³-hybridized carbons (Fsp3) is 0.429. The van der Waals surface area contributed by atoms with Gasteiger partial charge in [-0.05, 0) is 26.2 Å². The molecule has 1 aromatic heterocycles. The average Bonchev–Trinajstić information content (AvgIpc) is 3.21. The van der Waals surface area contributed by atoms with Gasteiger partial charge in [0.25, 0.3) is 5.91 Å². The van der Waals surface area contributed by atoms with Crippen LogP contribution in [0.2, 0.25) is 0 Å². The van der Waals surface area contributed by atoms with Gasteiger partial charge in [0.1, 0.15) is 6.10 Å². The summed E-state index contributed by atoms with van der Waals surface area (Å²) >= 11 is 1.45. The minimum absolute atomic E-state index is 0.0893. The highest BCUT2D eigenvalue weighted by Gasteiger charge is 2.25. The van der Waals surface area contributed by atoms with Crippen LogP contribution in [-0.4, -0.2) is 42.9 Å². The van der Waals surface area contributed by atoms with Crippen molar-refractivity contribution in [2.75, 3.05) is 24.7 Å². The lowest BCUT2D eigenvalue weighted by Gasteiger charge is -2.26. The lowest BCUT2D eigenvalue weighted by atomic mass is 10.1. The minimum Gasteiger partial charge on any atom is -0.376 e. The van der Waals surface area contributed by atoms with E-state index in [1.807, 2.05) is 35.7 Å². The van der Waals surface area contributed by atoms with Crippen molar-refractivity contribution in [3.05, 3.63) is 48.4 Å². The molecule has 3 rings (SSSR count). The van der Waals surface area contributed by atoms with Crippen LogP contribution in [0.3, 0.4) is 0 Å². The molecule has 1 amide bonds. The lowest BCUT2D eigenvalue weighted by molar-refractivity contribution is -0.132. The number of benzene rings is 1. The molecule has 1 aliphatic rings. The van der Waals surface area contributed by atoms with Crippen LogP contribution in [0.1, 0.15) is 26.2 Å². The van der Waals surface area contributed by atoms with E-state index < -0.39 is 6.10 Å². The normalized spacial score (nSPS) is 18.0. The van der Waals surface area contributed by atoms with Gasteiger partial charge in [0.2, 0.25) is 0 Å². The number of carbonyl (C=O) groups excluding carboxylic acids is 1. The monoisotopic (exact) mass is 386 g/mol. The summed E-state index contributed by atoms with van der Waals surface area (Å²) in [5.41, 5.74) is 1.89. The molecule has 0 radical (unpaired) electrons. The number of hydrogen-bond donors (Lipinski definition) is 0. The number of thiazole rings is 1. The third kappa shape index (κ3) is 5.25. The molecule has 2 aromatic rings. The Morgan fingerprint density at radius 1 is 1.44 bits per heavy atom. The van der Waals surface area contributed by atoms with Crippen molar-refractivity contribution in [1.82, 2.24) is 4.98 Å². The second-order valence-electron chi connectivity index (χ2n) is 6.58. The number of hydrogen-bond acceptors (Lipinski definition) is 5. The molecule has 1 fully saturated rings. The first-order chi connectivity index (χ1) is 13.2. The molecule has 27 heavy (non-hydrogen) atoms. The van der Waals surface area contributed by atoms with Crippen LogP contribution in [0, 0.1) is 0 Å². The van der Waals surface area contributed by atoms with Crippen molar-refractivity contribution in [2.24, 2.45) is 0 Å². The van der Waals surface area contributed by atoms with Gasteiger partial charge in [-0.25, -0.2) is 4.98 Å². The summed E-state index contributed by atoms with van der Waals surface area (Å²) in [6.45, 7) is 7.18. The second kappa shape index (κ2) is 9.78. The predicted molar refractivity (Wildman–Crippen MR) is 109 cm³/mol. The van der Waals surface area contributed by atoms with Crippen molar-refractivity contribution >= 4 is 22.4 Å². The molecule has 2 unspecified atom stereocenters. The molecular formula is C21H26N2O3S. The number of carbonyl (C=O) groups is 1. The first kappa shape index (κ1) is 19.7. The van der Waals surface area contributed by atoms with E-state index in [0.717, 1.165) is 37.1 Å². The number of ether oxygens (including phenoxy) is 2. The summed E-state index contributed by atoms with van der Waals surface area (Å²) in [4.78, 5) is 19.2. The van der Waals surface area contributed by atoms with E-state index in [0.29, 0.717) is 18.3 Å². The summed E-state index contributed by atoms with van der Waals surface area (Å²) < 4.78 is 11.5. The van der Waals surface area contributed by atoms with Crippen LogP contribution in [0.4, 0.5) is 5.13 Å². The number of rotatable bonds is 8. The summed E-state index contributed by atoms with van der Waals surface area (Å²) in [6.07, 6.45) is 4.49. The molecule has 6 heteroatoms. The maximum absolute atomic E-state index is 12.9. The summed E-state index contributed by atoms with van der Waals surface area (Å²) in [6, 6.07) is 9.94. The van der Waals surface area contributed by atoms with Gasteiger partial charge in [0.15, 0.2) is 5.13 Å². The highest BCUT2D eigenvalue weighted by molar-refractivity contribution is 7.14. The molecule has 0 aliphatic carbocycles. The average molecular weight is 387 g/mol. The molecule has 1 aliphatic heterocycles. The summed E-state index contributed by atoms with van der Waals surface area (Å²) in [5.74, 6) is -0.111. The van der Waals surface area contributed by atoms with Gasteiger partial charge in [-0.1, -0.05) is 36.4 Å². The maximum atomic E-state index is 12.9. The predicted octanol–water partition coefficient (Wildman–Crippen LogP) is 4.30. The number of aromatic nitrogens is 1. The Morgan fingerprint density at radius 2 is 2.26 bits per heavy atom. The van der Waals surface area contributed by atoms with E-state index in [1.54, 1.807) is 17.9 Å². The highest BCUT2D eigenvalue weighted by atomic mass is 32.1. The maximum Gasteiger partial charge on any atom is 0.257 e. The van der Waals surface area contributed by atoms with Crippen LogP contribution < -0.4 is 4.90 Å². The molecule has 0 spiro atoms. The molecule has 2 atom stereocenters. The molecule has 1 aromatic carbocycles. The number of anilines is 1. The van der Waals surface area contributed by atoms with Crippen LogP contribution in [0.5, 0.6) is 0 Å². The Hall–Kier alpha value is -2.02. The topological polar surface area (TPSA) is 51.7 Å². The van der Waals surface area contributed by atoms with E-state index in [2.05, 4.69) is 11.6 Å². The third-order valence-corrected chi connectivity index (χ3v) is 5.39. The first-order valence-electron chi connectivity index (χ1n) is 9.35. The van der Waals surface area contributed by atoms with E-state index >= 15 is 0 Å². The molecule has 0 bridgehead atoms. The highest BCUT2D eigenvalue weighted by Crippen LogP contribution is 2.28. The molecule has 2 heterocycles. The summed E-state index contributed by atoms with van der Waals surface area (Å²) in [5, 5.41) is 2.62. The first-order valence-corrected chi connectivity index (χ1v) is 10.2. The van der Waals surface area contributed by atoms with Gasteiger partial charge in [0.05, 0.1) is 18.4 Å². The Morgan fingerprint density at radius 3 is 2.96 bits per heavy atom. The van der Waals surface area contributed by atoms with E-state index in [9.17, 15) is 4.79 Å². The van der Waals surface area contributed by atoms with E-state index in [4.69, 9.17) is 9.47 Å². The molecule has 0 saturated carbocycles. The van der Waals surface area contributed by atoms with Crippen LogP contribution >= 0.6 is 11.3 Å². The van der Waals surface area contributed by atoms with Crippen molar-refractivity contribution in [2.45, 2.75) is 38.4 Å². The Labute approximate surface area is 164 Å². The van der Waals surface area contributed by atoms with E-state index in [1.165, 1.54) is 11.3 Å².